The quantitative estimate of drug-likeness (QED) is 0.851. The van der Waals surface area contributed by atoms with Crippen molar-refractivity contribution < 1.29 is 9.53 Å². The van der Waals surface area contributed by atoms with Crippen LogP contribution in [0.3, 0.4) is 0 Å². The van der Waals surface area contributed by atoms with Gasteiger partial charge in [-0.1, -0.05) is 11.6 Å². The number of carbonyl (C=O) groups is 1. The Labute approximate surface area is 129 Å². The average molecular weight is 313 g/mol. The Morgan fingerprint density at radius 3 is 2.86 bits per heavy atom. The normalized spacial score (nSPS) is 18.7. The van der Waals surface area contributed by atoms with Gasteiger partial charge in [0.05, 0.1) is 0 Å². The lowest BCUT2D eigenvalue weighted by Gasteiger charge is -2.24. The standard InChI is InChI=1S/C14H21ClN4O2/c1-9-7-16-12(18-11(9)15)17-10-5-6-19(8-10)13(20)21-14(2,3)4/h7,10H,5-6,8H2,1-4H3,(H,16,17,18)/t10-/m0/s1. The molecule has 0 spiro atoms. The van der Waals surface area contributed by atoms with Gasteiger partial charge in [-0.25, -0.2) is 14.8 Å². The molecule has 0 unspecified atom stereocenters. The van der Waals surface area contributed by atoms with E-state index in [1.54, 1.807) is 11.1 Å². The van der Waals surface area contributed by atoms with E-state index in [2.05, 4.69) is 15.3 Å². The third kappa shape index (κ3) is 4.46. The van der Waals surface area contributed by atoms with E-state index < -0.39 is 5.60 Å². The number of anilines is 1. The van der Waals surface area contributed by atoms with Crippen molar-refractivity contribution >= 4 is 23.6 Å². The summed E-state index contributed by atoms with van der Waals surface area (Å²) in [6.07, 6.45) is 2.22. The molecule has 0 bridgehead atoms. The molecule has 116 valence electrons. The van der Waals surface area contributed by atoms with E-state index in [4.69, 9.17) is 16.3 Å². The van der Waals surface area contributed by atoms with E-state index in [0.29, 0.717) is 24.2 Å². The molecule has 1 fully saturated rings. The van der Waals surface area contributed by atoms with Gasteiger partial charge in [0.1, 0.15) is 10.8 Å². The molecule has 1 aromatic heterocycles. The molecule has 0 saturated carbocycles. The second kappa shape index (κ2) is 6.05. The minimum atomic E-state index is -0.476. The van der Waals surface area contributed by atoms with Crippen LogP contribution in [0.4, 0.5) is 10.7 Å². The summed E-state index contributed by atoms with van der Waals surface area (Å²) in [5.41, 5.74) is 0.361. The maximum atomic E-state index is 12.0. The number of carbonyl (C=O) groups excluding carboxylic acids is 1. The number of aromatic nitrogens is 2. The molecule has 2 rings (SSSR count). The van der Waals surface area contributed by atoms with Crippen molar-refractivity contribution in [3.8, 4) is 0 Å². The Morgan fingerprint density at radius 1 is 1.52 bits per heavy atom. The van der Waals surface area contributed by atoms with Crippen LogP contribution < -0.4 is 5.32 Å². The van der Waals surface area contributed by atoms with Gasteiger partial charge in [0.15, 0.2) is 0 Å². The smallest absolute Gasteiger partial charge is 0.410 e. The van der Waals surface area contributed by atoms with Crippen molar-refractivity contribution in [3.05, 3.63) is 16.9 Å². The zero-order valence-corrected chi connectivity index (χ0v) is 13.6. The van der Waals surface area contributed by atoms with Crippen molar-refractivity contribution in [3.63, 3.8) is 0 Å². The highest BCUT2D eigenvalue weighted by Gasteiger charge is 2.30. The van der Waals surface area contributed by atoms with E-state index in [1.165, 1.54) is 0 Å². The second-order valence-corrected chi connectivity index (χ2v) is 6.58. The zero-order valence-electron chi connectivity index (χ0n) is 12.8. The lowest BCUT2D eigenvalue weighted by Crippen LogP contribution is -2.36. The molecule has 0 aromatic carbocycles. The lowest BCUT2D eigenvalue weighted by atomic mass is 10.2. The summed E-state index contributed by atoms with van der Waals surface area (Å²) in [6.45, 7) is 8.67. The molecule has 1 N–H and O–H groups in total. The number of amides is 1. The fourth-order valence-electron chi connectivity index (χ4n) is 2.04. The second-order valence-electron chi connectivity index (χ2n) is 6.22. The van der Waals surface area contributed by atoms with Crippen molar-refractivity contribution in [1.82, 2.24) is 14.9 Å². The summed E-state index contributed by atoms with van der Waals surface area (Å²) in [6, 6.07) is 0.108. The van der Waals surface area contributed by atoms with Gasteiger partial charge < -0.3 is 15.0 Å². The van der Waals surface area contributed by atoms with Crippen LogP contribution in [0.2, 0.25) is 5.15 Å². The number of nitrogens with one attached hydrogen (secondary N) is 1. The Hall–Kier alpha value is -1.56. The van der Waals surface area contributed by atoms with Crippen molar-refractivity contribution in [2.24, 2.45) is 0 Å². The third-order valence-electron chi connectivity index (χ3n) is 3.08. The highest BCUT2D eigenvalue weighted by molar-refractivity contribution is 6.30. The van der Waals surface area contributed by atoms with E-state index in [-0.39, 0.29) is 12.1 Å². The van der Waals surface area contributed by atoms with Gasteiger partial charge in [0, 0.05) is 30.9 Å². The molecule has 1 aliphatic rings. The number of ether oxygens (including phenoxy) is 1. The first-order chi connectivity index (χ1) is 9.74. The van der Waals surface area contributed by atoms with Gasteiger partial charge in [-0.15, -0.1) is 0 Å². The highest BCUT2D eigenvalue weighted by Crippen LogP contribution is 2.18. The number of nitrogens with zero attached hydrogens (tertiary/aromatic N) is 3. The first-order valence-corrected chi connectivity index (χ1v) is 7.36. The monoisotopic (exact) mass is 312 g/mol. The van der Waals surface area contributed by atoms with Crippen LogP contribution in [0, 0.1) is 6.92 Å². The Bertz CT molecular complexity index is 530. The van der Waals surface area contributed by atoms with Crippen molar-refractivity contribution in [2.75, 3.05) is 18.4 Å². The fourth-order valence-corrected chi connectivity index (χ4v) is 2.17. The van der Waals surface area contributed by atoms with E-state index in [9.17, 15) is 4.79 Å². The molecule has 1 aromatic rings. The number of hydrogen-bond donors (Lipinski definition) is 1. The molecular weight excluding hydrogens is 292 g/mol. The molecule has 21 heavy (non-hydrogen) atoms. The maximum Gasteiger partial charge on any atom is 0.410 e. The van der Waals surface area contributed by atoms with Gasteiger partial charge in [0.2, 0.25) is 5.95 Å². The Kier molecular flexibility index (Phi) is 4.56. The Morgan fingerprint density at radius 2 is 2.24 bits per heavy atom. The van der Waals surface area contributed by atoms with Crippen LogP contribution in [-0.4, -0.2) is 45.7 Å². The number of likely N-dealkylation sites (tertiary alicyclic amines) is 1. The zero-order chi connectivity index (χ0) is 15.6. The van der Waals surface area contributed by atoms with Gasteiger partial charge in [-0.05, 0) is 34.1 Å². The summed E-state index contributed by atoms with van der Waals surface area (Å²) in [7, 11) is 0. The van der Waals surface area contributed by atoms with E-state index >= 15 is 0 Å². The minimum absolute atomic E-state index is 0.108. The maximum absolute atomic E-state index is 12.0. The van der Waals surface area contributed by atoms with Crippen LogP contribution in [0.1, 0.15) is 32.8 Å². The van der Waals surface area contributed by atoms with Gasteiger partial charge >= 0.3 is 6.09 Å². The number of halogens is 1. The molecular formula is C14H21ClN4O2. The van der Waals surface area contributed by atoms with Crippen LogP contribution in [-0.2, 0) is 4.74 Å². The summed E-state index contributed by atoms with van der Waals surface area (Å²) in [5.74, 6) is 0.488. The summed E-state index contributed by atoms with van der Waals surface area (Å²) in [4.78, 5) is 22.0. The van der Waals surface area contributed by atoms with E-state index in [1.807, 2.05) is 27.7 Å². The third-order valence-corrected chi connectivity index (χ3v) is 3.47. The molecule has 1 atom stereocenters. The van der Waals surface area contributed by atoms with E-state index in [0.717, 1.165) is 12.0 Å². The molecule has 0 aliphatic carbocycles. The number of hydrogen-bond acceptors (Lipinski definition) is 5. The molecule has 1 amide bonds. The number of aryl methyl sites for hydroxylation is 1. The fraction of sp³-hybridized carbons (Fsp3) is 0.643. The largest absolute Gasteiger partial charge is 0.444 e. The van der Waals surface area contributed by atoms with Crippen LogP contribution >= 0.6 is 11.6 Å². The first kappa shape index (κ1) is 15.8. The minimum Gasteiger partial charge on any atom is -0.444 e. The first-order valence-electron chi connectivity index (χ1n) is 6.98. The van der Waals surface area contributed by atoms with Crippen LogP contribution in [0.25, 0.3) is 0 Å². The SMILES string of the molecule is Cc1cnc(N[C@H]2CCN(C(=O)OC(C)(C)C)C2)nc1Cl. The lowest BCUT2D eigenvalue weighted by molar-refractivity contribution is 0.0293. The molecule has 7 heteroatoms. The van der Waals surface area contributed by atoms with Gasteiger partial charge in [0.25, 0.3) is 0 Å². The predicted octanol–water partition coefficient (Wildman–Crippen LogP) is 2.86. The Balaban J connectivity index is 1.90. The van der Waals surface area contributed by atoms with Crippen LogP contribution in [0.15, 0.2) is 6.20 Å². The summed E-state index contributed by atoms with van der Waals surface area (Å²) < 4.78 is 5.36. The highest BCUT2D eigenvalue weighted by atomic mass is 35.5. The van der Waals surface area contributed by atoms with Crippen molar-refractivity contribution in [2.45, 2.75) is 45.8 Å². The molecule has 1 saturated heterocycles. The van der Waals surface area contributed by atoms with Gasteiger partial charge in [-0.3, -0.25) is 0 Å². The summed E-state index contributed by atoms with van der Waals surface area (Å²) >= 11 is 5.98. The van der Waals surface area contributed by atoms with Gasteiger partial charge in [-0.2, -0.15) is 0 Å². The van der Waals surface area contributed by atoms with Crippen molar-refractivity contribution in [1.29, 1.82) is 0 Å². The summed E-state index contributed by atoms with van der Waals surface area (Å²) in [5, 5.41) is 3.64. The van der Waals surface area contributed by atoms with Crippen LogP contribution in [0.5, 0.6) is 0 Å². The molecule has 6 nitrogen and oxygen atoms in total. The molecule has 0 radical (unpaired) electrons. The molecule has 1 aliphatic heterocycles. The topological polar surface area (TPSA) is 67.4 Å². The average Bonchev–Trinajstić information content (AvgIpc) is 2.80. The molecule has 2 heterocycles. The predicted molar refractivity (Wildman–Crippen MR) is 81.6 cm³/mol. The number of rotatable bonds is 2.